The van der Waals surface area contributed by atoms with Gasteiger partial charge in [0, 0.05) is 16.8 Å². The Hall–Kier alpha value is -3.39. The molecule has 3 rings (SSSR count). The average molecular weight is 317 g/mol. The topological polar surface area (TPSA) is 78.9 Å². The molecular formula is C19H15N3O2. The summed E-state index contributed by atoms with van der Waals surface area (Å²) in [6.45, 7) is 3.76. The highest BCUT2D eigenvalue weighted by molar-refractivity contribution is 6.04. The van der Waals surface area contributed by atoms with Crippen LogP contribution in [0.4, 0.5) is 5.69 Å². The molecule has 0 bridgehead atoms. The number of carbonyl (C=O) groups is 1. The van der Waals surface area contributed by atoms with E-state index in [1.807, 2.05) is 44.2 Å². The van der Waals surface area contributed by atoms with E-state index in [-0.39, 0.29) is 5.91 Å². The van der Waals surface area contributed by atoms with Crippen LogP contribution in [0.25, 0.3) is 11.1 Å². The van der Waals surface area contributed by atoms with Crippen molar-refractivity contribution in [1.82, 2.24) is 5.16 Å². The first kappa shape index (κ1) is 15.5. The zero-order valence-electron chi connectivity index (χ0n) is 13.3. The van der Waals surface area contributed by atoms with Gasteiger partial charge in [-0.3, -0.25) is 4.79 Å². The van der Waals surface area contributed by atoms with Crippen LogP contribution in [0.2, 0.25) is 0 Å². The van der Waals surface area contributed by atoms with Gasteiger partial charge in [-0.15, -0.1) is 0 Å². The second kappa shape index (κ2) is 6.39. The van der Waals surface area contributed by atoms with Crippen molar-refractivity contribution in [2.45, 2.75) is 13.8 Å². The lowest BCUT2D eigenvalue weighted by molar-refractivity contribution is 0.102. The molecular weight excluding hydrogens is 302 g/mol. The Labute approximate surface area is 139 Å². The second-order valence-corrected chi connectivity index (χ2v) is 5.42. The lowest BCUT2D eigenvalue weighted by Crippen LogP contribution is -2.11. The minimum Gasteiger partial charge on any atom is -0.361 e. The third-order valence-corrected chi connectivity index (χ3v) is 3.72. The summed E-state index contributed by atoms with van der Waals surface area (Å²) in [7, 11) is 0. The maximum Gasteiger partial charge on any atom is 0.255 e. The van der Waals surface area contributed by atoms with Gasteiger partial charge < -0.3 is 9.84 Å². The monoisotopic (exact) mass is 317 g/mol. The molecule has 3 aromatic rings. The van der Waals surface area contributed by atoms with Crippen LogP contribution in [0.15, 0.2) is 53.1 Å². The van der Waals surface area contributed by atoms with E-state index in [1.54, 1.807) is 24.3 Å². The van der Waals surface area contributed by atoms with E-state index in [0.29, 0.717) is 16.8 Å². The third-order valence-electron chi connectivity index (χ3n) is 3.72. The van der Waals surface area contributed by atoms with Gasteiger partial charge in [0.1, 0.15) is 5.76 Å². The predicted molar refractivity (Wildman–Crippen MR) is 90.5 cm³/mol. The highest BCUT2D eigenvalue weighted by Crippen LogP contribution is 2.27. The van der Waals surface area contributed by atoms with Crippen molar-refractivity contribution in [3.63, 3.8) is 0 Å². The number of rotatable bonds is 3. The van der Waals surface area contributed by atoms with Gasteiger partial charge in [0.2, 0.25) is 0 Å². The smallest absolute Gasteiger partial charge is 0.255 e. The highest BCUT2D eigenvalue weighted by Gasteiger charge is 2.12. The zero-order chi connectivity index (χ0) is 17.1. The number of nitriles is 1. The molecule has 0 aliphatic carbocycles. The average Bonchev–Trinajstić information content (AvgIpc) is 2.94. The fourth-order valence-corrected chi connectivity index (χ4v) is 2.55. The van der Waals surface area contributed by atoms with Gasteiger partial charge in [0.15, 0.2) is 0 Å². The molecule has 2 aromatic carbocycles. The summed E-state index contributed by atoms with van der Waals surface area (Å²) >= 11 is 0. The van der Waals surface area contributed by atoms with Crippen LogP contribution in [-0.2, 0) is 0 Å². The molecule has 0 fully saturated rings. The zero-order valence-corrected chi connectivity index (χ0v) is 13.3. The summed E-state index contributed by atoms with van der Waals surface area (Å²) in [5.74, 6) is 0.509. The number of anilines is 1. The molecule has 0 saturated heterocycles. The minimum absolute atomic E-state index is 0.253. The van der Waals surface area contributed by atoms with Gasteiger partial charge in [-0.25, -0.2) is 0 Å². The Morgan fingerprint density at radius 3 is 2.54 bits per heavy atom. The van der Waals surface area contributed by atoms with Gasteiger partial charge in [0.25, 0.3) is 5.91 Å². The lowest BCUT2D eigenvalue weighted by Gasteiger charge is -2.07. The van der Waals surface area contributed by atoms with Gasteiger partial charge >= 0.3 is 0 Å². The molecule has 1 aromatic heterocycles. The molecule has 0 aliphatic heterocycles. The normalized spacial score (nSPS) is 10.2. The van der Waals surface area contributed by atoms with E-state index in [4.69, 9.17) is 9.78 Å². The molecule has 118 valence electrons. The van der Waals surface area contributed by atoms with Gasteiger partial charge in [0.05, 0.1) is 17.3 Å². The van der Waals surface area contributed by atoms with Gasteiger partial charge in [-0.2, -0.15) is 5.26 Å². The van der Waals surface area contributed by atoms with Crippen molar-refractivity contribution in [1.29, 1.82) is 5.26 Å². The van der Waals surface area contributed by atoms with Crippen molar-refractivity contribution in [3.8, 4) is 17.2 Å². The Bertz CT molecular complexity index is 914. The van der Waals surface area contributed by atoms with E-state index in [2.05, 4.69) is 10.5 Å². The van der Waals surface area contributed by atoms with Crippen molar-refractivity contribution < 1.29 is 9.32 Å². The van der Waals surface area contributed by atoms with Crippen LogP contribution >= 0.6 is 0 Å². The predicted octanol–water partition coefficient (Wildman–Crippen LogP) is 4.08. The summed E-state index contributed by atoms with van der Waals surface area (Å²) in [4.78, 5) is 12.3. The molecule has 5 nitrogen and oxygen atoms in total. The molecule has 1 heterocycles. The fraction of sp³-hybridized carbons (Fsp3) is 0.105. The first-order valence-electron chi connectivity index (χ1n) is 7.43. The van der Waals surface area contributed by atoms with E-state index in [1.165, 1.54) is 0 Å². The van der Waals surface area contributed by atoms with Gasteiger partial charge in [-0.05, 0) is 49.7 Å². The SMILES string of the molecule is Cc1noc(C)c1-c1ccc(NC(=O)c2cccc(C#N)c2)cc1. The van der Waals surface area contributed by atoms with Crippen LogP contribution in [0, 0.1) is 25.2 Å². The number of nitrogens with one attached hydrogen (secondary N) is 1. The number of hydrogen-bond donors (Lipinski definition) is 1. The Kier molecular flexibility index (Phi) is 4.13. The molecule has 0 saturated carbocycles. The van der Waals surface area contributed by atoms with Crippen LogP contribution in [0.3, 0.4) is 0 Å². The van der Waals surface area contributed by atoms with E-state index in [0.717, 1.165) is 22.6 Å². The molecule has 0 spiro atoms. The standard InChI is InChI=1S/C19H15N3O2/c1-12-18(13(2)24-22-12)15-6-8-17(9-7-15)21-19(23)16-5-3-4-14(10-16)11-20/h3-10H,1-2H3,(H,21,23). The van der Waals surface area contributed by atoms with Crippen molar-refractivity contribution in [2.75, 3.05) is 5.32 Å². The summed E-state index contributed by atoms with van der Waals surface area (Å²) in [6, 6.07) is 16.1. The van der Waals surface area contributed by atoms with E-state index in [9.17, 15) is 4.79 Å². The van der Waals surface area contributed by atoms with E-state index < -0.39 is 0 Å². The number of nitrogens with zero attached hydrogens (tertiary/aromatic N) is 2. The first-order valence-corrected chi connectivity index (χ1v) is 7.43. The molecule has 24 heavy (non-hydrogen) atoms. The third kappa shape index (κ3) is 3.03. The highest BCUT2D eigenvalue weighted by atomic mass is 16.5. The van der Waals surface area contributed by atoms with Crippen molar-refractivity contribution in [3.05, 3.63) is 71.1 Å². The lowest BCUT2D eigenvalue weighted by atomic mass is 10.0. The number of amides is 1. The summed E-state index contributed by atoms with van der Waals surface area (Å²) in [5, 5.41) is 15.7. The Morgan fingerprint density at radius 2 is 1.92 bits per heavy atom. The second-order valence-electron chi connectivity index (χ2n) is 5.42. The Morgan fingerprint density at radius 1 is 1.17 bits per heavy atom. The number of benzene rings is 2. The van der Waals surface area contributed by atoms with Gasteiger partial charge in [-0.1, -0.05) is 23.4 Å². The summed E-state index contributed by atoms with van der Waals surface area (Å²) in [6.07, 6.45) is 0. The maximum atomic E-state index is 12.3. The fourth-order valence-electron chi connectivity index (χ4n) is 2.55. The Balaban J connectivity index is 1.79. The van der Waals surface area contributed by atoms with Crippen molar-refractivity contribution >= 4 is 11.6 Å². The van der Waals surface area contributed by atoms with Crippen LogP contribution < -0.4 is 5.32 Å². The number of carbonyl (C=O) groups excluding carboxylic acids is 1. The molecule has 0 aliphatic rings. The molecule has 0 unspecified atom stereocenters. The quantitative estimate of drug-likeness (QED) is 0.789. The largest absolute Gasteiger partial charge is 0.361 e. The number of aryl methyl sites for hydroxylation is 2. The molecule has 0 radical (unpaired) electrons. The molecule has 5 heteroatoms. The minimum atomic E-state index is -0.253. The number of hydrogen-bond acceptors (Lipinski definition) is 4. The van der Waals surface area contributed by atoms with Crippen LogP contribution in [0.1, 0.15) is 27.4 Å². The first-order chi connectivity index (χ1) is 11.6. The molecule has 1 amide bonds. The molecule has 0 atom stereocenters. The van der Waals surface area contributed by atoms with E-state index >= 15 is 0 Å². The van der Waals surface area contributed by atoms with Crippen LogP contribution in [-0.4, -0.2) is 11.1 Å². The summed E-state index contributed by atoms with van der Waals surface area (Å²) < 4.78 is 5.18. The maximum absolute atomic E-state index is 12.3. The molecule has 1 N–H and O–H groups in total. The number of aromatic nitrogens is 1. The summed E-state index contributed by atoms with van der Waals surface area (Å²) in [5.41, 5.74) is 4.36. The van der Waals surface area contributed by atoms with Crippen molar-refractivity contribution in [2.24, 2.45) is 0 Å². The van der Waals surface area contributed by atoms with Crippen LogP contribution in [0.5, 0.6) is 0 Å².